The topological polar surface area (TPSA) is 144 Å². The van der Waals surface area contributed by atoms with Crippen molar-refractivity contribution in [2.75, 3.05) is 13.2 Å². The van der Waals surface area contributed by atoms with Crippen molar-refractivity contribution in [1.29, 1.82) is 0 Å². The smallest absolute Gasteiger partial charge is 0.303 e. The van der Waals surface area contributed by atoms with E-state index in [1.54, 1.807) is 0 Å². The predicted octanol–water partition coefficient (Wildman–Crippen LogP) is 2.24. The molecule has 1 aliphatic rings. The molecule has 0 spiro atoms. The van der Waals surface area contributed by atoms with Crippen molar-refractivity contribution in [1.82, 2.24) is 0 Å². The second kappa shape index (κ2) is 13.9. The van der Waals surface area contributed by atoms with Gasteiger partial charge in [0.1, 0.15) is 18.5 Å². The SMILES string of the molecule is CCOc1ccc(CCCC[C@@]2(O)O[C@H](COC(C)=O)[C@@H](OC(C)=O)[C@H](OC(C)=O)[C@H]2OC(C)=O)cc1. The van der Waals surface area contributed by atoms with Crippen LogP contribution in [0.15, 0.2) is 24.3 Å². The summed E-state index contributed by atoms with van der Waals surface area (Å²) in [7, 11) is 0. The van der Waals surface area contributed by atoms with Crippen molar-refractivity contribution < 1.29 is 52.7 Å². The largest absolute Gasteiger partial charge is 0.494 e. The zero-order chi connectivity index (χ0) is 27.6. The maximum atomic E-state index is 11.9. The number of benzene rings is 1. The average molecular weight is 525 g/mol. The first kappa shape index (κ1) is 30.0. The van der Waals surface area contributed by atoms with E-state index < -0.39 is 60.7 Å². The van der Waals surface area contributed by atoms with Gasteiger partial charge < -0.3 is 33.5 Å². The highest BCUT2D eigenvalue weighted by molar-refractivity contribution is 5.68. The third-order valence-electron chi connectivity index (χ3n) is 5.62. The van der Waals surface area contributed by atoms with E-state index in [4.69, 9.17) is 28.4 Å². The molecule has 1 aromatic carbocycles. The summed E-state index contributed by atoms with van der Waals surface area (Å²) in [6, 6.07) is 7.67. The van der Waals surface area contributed by atoms with Gasteiger partial charge in [-0.3, -0.25) is 19.2 Å². The molecule has 5 atom stereocenters. The lowest BCUT2D eigenvalue weighted by Gasteiger charge is -2.48. The fourth-order valence-electron chi connectivity index (χ4n) is 4.19. The summed E-state index contributed by atoms with van der Waals surface area (Å²) in [6.45, 7) is 6.66. The van der Waals surface area contributed by atoms with Crippen molar-refractivity contribution in [3.05, 3.63) is 29.8 Å². The van der Waals surface area contributed by atoms with Gasteiger partial charge in [-0.25, -0.2) is 0 Å². The fourth-order valence-corrected chi connectivity index (χ4v) is 4.19. The van der Waals surface area contributed by atoms with Gasteiger partial charge in [0.2, 0.25) is 5.79 Å². The highest BCUT2D eigenvalue weighted by Crippen LogP contribution is 2.37. The van der Waals surface area contributed by atoms with E-state index in [0.29, 0.717) is 25.9 Å². The average Bonchev–Trinajstić information content (AvgIpc) is 2.80. The lowest BCUT2D eigenvalue weighted by Crippen LogP contribution is -2.68. The summed E-state index contributed by atoms with van der Waals surface area (Å²) in [5.74, 6) is -4.23. The quantitative estimate of drug-likeness (QED) is 0.244. The number of rotatable bonds is 12. The summed E-state index contributed by atoms with van der Waals surface area (Å²) >= 11 is 0. The molecule has 0 aliphatic carbocycles. The van der Waals surface area contributed by atoms with Crippen LogP contribution in [0, 0.1) is 0 Å². The maximum Gasteiger partial charge on any atom is 0.303 e. The van der Waals surface area contributed by atoms with E-state index in [1.165, 1.54) is 6.92 Å². The molecule has 37 heavy (non-hydrogen) atoms. The Kier molecular flexibility index (Phi) is 11.3. The molecule has 0 aromatic heterocycles. The zero-order valence-corrected chi connectivity index (χ0v) is 21.9. The number of unbranched alkanes of at least 4 members (excludes halogenated alkanes) is 1. The van der Waals surface area contributed by atoms with Crippen LogP contribution in [-0.2, 0) is 49.3 Å². The molecular formula is C26H36O11. The van der Waals surface area contributed by atoms with Gasteiger partial charge in [-0.15, -0.1) is 0 Å². The van der Waals surface area contributed by atoms with E-state index in [2.05, 4.69) is 0 Å². The molecule has 0 amide bonds. The van der Waals surface area contributed by atoms with E-state index >= 15 is 0 Å². The summed E-state index contributed by atoms with van der Waals surface area (Å²) in [5.41, 5.74) is 1.07. The summed E-state index contributed by atoms with van der Waals surface area (Å²) in [5, 5.41) is 11.6. The Morgan fingerprint density at radius 2 is 1.46 bits per heavy atom. The van der Waals surface area contributed by atoms with Crippen LogP contribution in [0.25, 0.3) is 0 Å². The van der Waals surface area contributed by atoms with E-state index in [-0.39, 0.29) is 6.42 Å². The van der Waals surface area contributed by atoms with Crippen molar-refractivity contribution in [3.63, 3.8) is 0 Å². The molecule has 11 nitrogen and oxygen atoms in total. The van der Waals surface area contributed by atoms with Crippen LogP contribution in [0.1, 0.15) is 59.4 Å². The molecule has 1 aromatic rings. The van der Waals surface area contributed by atoms with Gasteiger partial charge in [0.25, 0.3) is 0 Å². The molecular weight excluding hydrogens is 488 g/mol. The number of ether oxygens (including phenoxy) is 6. The molecule has 1 saturated heterocycles. The highest BCUT2D eigenvalue weighted by atomic mass is 16.7. The summed E-state index contributed by atoms with van der Waals surface area (Å²) < 4.78 is 32.4. The van der Waals surface area contributed by atoms with E-state index in [1.807, 2.05) is 31.2 Å². The summed E-state index contributed by atoms with van der Waals surface area (Å²) in [6.07, 6.45) is -3.65. The first-order valence-corrected chi connectivity index (χ1v) is 12.2. The highest BCUT2D eigenvalue weighted by Gasteiger charge is 2.59. The third-order valence-corrected chi connectivity index (χ3v) is 5.62. The Bertz CT molecular complexity index is 929. The lowest BCUT2D eigenvalue weighted by molar-refractivity contribution is -0.354. The van der Waals surface area contributed by atoms with Gasteiger partial charge in [-0.2, -0.15) is 0 Å². The van der Waals surface area contributed by atoms with Crippen LogP contribution in [0.2, 0.25) is 0 Å². The maximum absolute atomic E-state index is 11.9. The van der Waals surface area contributed by atoms with Crippen LogP contribution < -0.4 is 4.74 Å². The molecule has 0 bridgehead atoms. The molecule has 1 N–H and O–H groups in total. The number of aliphatic hydroxyl groups is 1. The predicted molar refractivity (Wildman–Crippen MR) is 128 cm³/mol. The standard InChI is InChI=1S/C26H36O11/c1-6-32-21-12-10-20(11-13-21)9-7-8-14-26(31)25(36-19(5)30)24(35-18(4)29)23(34-17(3)28)22(37-26)15-33-16(2)27/h10-13,22-25,31H,6-9,14-15H2,1-5H3/t22-,23-,24+,25-,26-/m1/s1. The molecule has 0 unspecified atom stereocenters. The first-order valence-electron chi connectivity index (χ1n) is 12.2. The lowest BCUT2D eigenvalue weighted by atomic mass is 9.88. The van der Waals surface area contributed by atoms with Crippen LogP contribution in [-0.4, -0.2) is 72.4 Å². The third kappa shape index (κ3) is 9.32. The number of carbonyl (C=O) groups is 4. The minimum Gasteiger partial charge on any atom is -0.494 e. The Labute approximate surface area is 216 Å². The van der Waals surface area contributed by atoms with Crippen molar-refractivity contribution in [2.45, 2.75) is 90.5 Å². The van der Waals surface area contributed by atoms with Gasteiger partial charge >= 0.3 is 23.9 Å². The second-order valence-electron chi connectivity index (χ2n) is 8.77. The molecule has 1 aliphatic heterocycles. The van der Waals surface area contributed by atoms with Gasteiger partial charge in [0, 0.05) is 34.1 Å². The molecule has 1 heterocycles. The first-order chi connectivity index (χ1) is 17.4. The Morgan fingerprint density at radius 3 is 2.00 bits per heavy atom. The van der Waals surface area contributed by atoms with Crippen LogP contribution in [0.4, 0.5) is 0 Å². The number of aryl methyl sites for hydroxylation is 1. The minimum atomic E-state index is -2.12. The molecule has 1 fully saturated rings. The zero-order valence-electron chi connectivity index (χ0n) is 21.9. The number of hydrogen-bond donors (Lipinski definition) is 1. The molecule has 11 heteroatoms. The number of carbonyl (C=O) groups excluding carboxylic acids is 4. The number of esters is 4. The van der Waals surface area contributed by atoms with E-state index in [0.717, 1.165) is 32.1 Å². The summed E-state index contributed by atoms with van der Waals surface area (Å²) in [4.78, 5) is 47.1. The van der Waals surface area contributed by atoms with Gasteiger partial charge in [-0.05, 0) is 43.9 Å². The van der Waals surface area contributed by atoms with Gasteiger partial charge in [0.15, 0.2) is 18.3 Å². The Balaban J connectivity index is 2.25. The minimum absolute atomic E-state index is 0.0108. The van der Waals surface area contributed by atoms with Crippen LogP contribution in [0.5, 0.6) is 5.75 Å². The normalized spacial score (nSPS) is 25.0. The number of hydrogen-bond acceptors (Lipinski definition) is 11. The van der Waals surface area contributed by atoms with Crippen LogP contribution >= 0.6 is 0 Å². The van der Waals surface area contributed by atoms with Crippen molar-refractivity contribution in [3.8, 4) is 5.75 Å². The van der Waals surface area contributed by atoms with Gasteiger partial charge in [0.05, 0.1) is 6.61 Å². The molecule has 0 saturated carbocycles. The molecule has 2 rings (SSSR count). The molecule has 206 valence electrons. The Morgan fingerprint density at radius 1 is 0.865 bits per heavy atom. The fraction of sp³-hybridized carbons (Fsp3) is 0.615. The van der Waals surface area contributed by atoms with Crippen molar-refractivity contribution in [2.24, 2.45) is 0 Å². The Hall–Kier alpha value is -3.18. The monoisotopic (exact) mass is 524 g/mol. The van der Waals surface area contributed by atoms with Crippen molar-refractivity contribution >= 4 is 23.9 Å². The van der Waals surface area contributed by atoms with E-state index in [9.17, 15) is 24.3 Å². The van der Waals surface area contributed by atoms with Crippen LogP contribution in [0.3, 0.4) is 0 Å². The molecule has 0 radical (unpaired) electrons. The van der Waals surface area contributed by atoms with Gasteiger partial charge in [-0.1, -0.05) is 12.1 Å². The second-order valence-corrected chi connectivity index (χ2v) is 8.77.